The van der Waals surface area contributed by atoms with E-state index in [-0.39, 0.29) is 0 Å². The first-order chi connectivity index (χ1) is 25.3. The van der Waals surface area contributed by atoms with Gasteiger partial charge in [-0.25, -0.2) is 0 Å². The number of rotatable bonds is 7. The minimum absolute atomic E-state index is 0.331. The maximum atomic E-state index is 7.64. The van der Waals surface area contributed by atoms with E-state index in [0.29, 0.717) is 27.8 Å². The second-order valence-corrected chi connectivity index (χ2v) is 24.5. The van der Waals surface area contributed by atoms with Gasteiger partial charge in [-0.15, -0.1) is 0 Å². The van der Waals surface area contributed by atoms with Gasteiger partial charge >= 0.3 is 0 Å². The first kappa shape index (κ1) is 31.1. The van der Waals surface area contributed by atoms with Crippen molar-refractivity contribution in [3.63, 3.8) is 0 Å². The van der Waals surface area contributed by atoms with Gasteiger partial charge in [-0.2, -0.15) is 0 Å². The third-order valence-electron chi connectivity index (χ3n) is 20.8. The second kappa shape index (κ2) is 10.3. The molecule has 1 aliphatic heterocycles. The Labute approximate surface area is 315 Å². The van der Waals surface area contributed by atoms with Crippen LogP contribution in [0.1, 0.15) is 182 Å². The lowest BCUT2D eigenvalue weighted by Crippen LogP contribution is -2.57. The Hall–Kier alpha value is -1.02. The lowest BCUT2D eigenvalue weighted by Gasteiger charge is -2.65. The maximum Gasteiger partial charge on any atom is 0.126 e. The highest BCUT2D eigenvalue weighted by Crippen LogP contribution is 2.73. The summed E-state index contributed by atoms with van der Waals surface area (Å²) in [4.78, 5) is 0. The van der Waals surface area contributed by atoms with Crippen LogP contribution in [0.2, 0.25) is 0 Å². The molecule has 0 radical (unpaired) electrons. The van der Waals surface area contributed by atoms with E-state index in [1.165, 1.54) is 63.5 Å². The predicted molar refractivity (Wildman–Crippen MR) is 206 cm³/mol. The average molecular weight is 701 g/mol. The van der Waals surface area contributed by atoms with Gasteiger partial charge in [0.05, 0.1) is 6.61 Å². The molecule has 52 heavy (non-hydrogen) atoms. The highest BCUT2D eigenvalue weighted by molar-refractivity contribution is 5.66. The van der Waals surface area contributed by atoms with Crippen LogP contribution in [0, 0.1) is 77.9 Å². The Bertz CT molecular complexity index is 1570. The molecule has 17 fully saturated rings. The Morgan fingerprint density at radius 1 is 0.404 bits per heavy atom. The number of ether oxygens (including phenoxy) is 2. The van der Waals surface area contributed by atoms with Crippen molar-refractivity contribution in [2.75, 3.05) is 13.2 Å². The summed E-state index contributed by atoms with van der Waals surface area (Å²) in [5.74, 6) is 13.4. The molecule has 17 aliphatic rings. The molecule has 1 aromatic carbocycles. The van der Waals surface area contributed by atoms with Crippen molar-refractivity contribution >= 4 is 0 Å². The van der Waals surface area contributed by atoms with Crippen LogP contribution in [0.4, 0.5) is 0 Å². The molecular weight excluding hydrogens is 633 g/mol. The zero-order chi connectivity index (χ0) is 33.8. The summed E-state index contributed by atoms with van der Waals surface area (Å²) in [5.41, 5.74) is 11.6. The SMILES string of the molecule is Cc1c(OCC2CO2)c(C23CC4CC(CC(C4)C2)C3)c(C23CC4CC(CC(C4)C2)C3)c(C23CC4CC(CC(C4)C2)C3)c1C12CC3CC(CC(C3)C1)C2. The van der Waals surface area contributed by atoms with Crippen molar-refractivity contribution < 1.29 is 9.47 Å². The molecule has 1 heterocycles. The molecule has 280 valence electrons. The maximum absolute atomic E-state index is 7.64. The van der Waals surface area contributed by atoms with Crippen LogP contribution in [0.25, 0.3) is 0 Å². The molecule has 0 spiro atoms. The summed E-state index contributed by atoms with van der Waals surface area (Å²) in [7, 11) is 0. The summed E-state index contributed by atoms with van der Waals surface area (Å²) < 4.78 is 13.6. The Morgan fingerprint density at radius 3 is 0.942 bits per heavy atom. The summed E-state index contributed by atoms with van der Waals surface area (Å²) in [6.45, 7) is 4.42. The highest BCUT2D eigenvalue weighted by atomic mass is 16.6. The van der Waals surface area contributed by atoms with E-state index in [2.05, 4.69) is 18.1 Å². The topological polar surface area (TPSA) is 21.8 Å². The van der Waals surface area contributed by atoms with Crippen LogP contribution in [-0.2, 0) is 26.4 Å². The number of benzene rings is 1. The molecule has 1 aromatic rings. The van der Waals surface area contributed by atoms with Crippen LogP contribution < -0.4 is 4.74 Å². The second-order valence-electron chi connectivity index (χ2n) is 24.5. The minimum atomic E-state index is 0.331. The van der Waals surface area contributed by atoms with Gasteiger partial charge < -0.3 is 9.47 Å². The van der Waals surface area contributed by atoms with Crippen molar-refractivity contribution in [2.45, 2.75) is 189 Å². The van der Waals surface area contributed by atoms with Crippen LogP contribution in [0.3, 0.4) is 0 Å². The van der Waals surface area contributed by atoms with Gasteiger partial charge in [0, 0.05) is 11.0 Å². The highest BCUT2D eigenvalue weighted by Gasteiger charge is 2.64. The zero-order valence-electron chi connectivity index (χ0n) is 32.7. The van der Waals surface area contributed by atoms with E-state index in [1.807, 2.05) is 11.1 Å². The summed E-state index contributed by atoms with van der Waals surface area (Å²) >= 11 is 0. The molecule has 16 aliphatic carbocycles. The van der Waals surface area contributed by atoms with Crippen LogP contribution in [-0.4, -0.2) is 19.3 Å². The van der Waals surface area contributed by atoms with Gasteiger partial charge in [0.15, 0.2) is 0 Å². The molecule has 1 unspecified atom stereocenters. The predicted octanol–water partition coefficient (Wildman–Crippen LogP) is 11.6. The normalized spacial score (nSPS) is 56.3. The molecule has 1 saturated heterocycles. The van der Waals surface area contributed by atoms with Crippen LogP contribution in [0.5, 0.6) is 5.75 Å². The Balaban J connectivity index is 1.10. The molecule has 18 rings (SSSR count). The molecular formula is C50H68O2. The van der Waals surface area contributed by atoms with Crippen molar-refractivity contribution in [3.05, 3.63) is 27.8 Å². The monoisotopic (exact) mass is 701 g/mol. The Kier molecular flexibility index (Phi) is 6.15. The molecule has 0 amide bonds. The lowest BCUT2D eigenvalue weighted by atomic mass is 9.39. The number of hydrogen-bond acceptors (Lipinski definition) is 2. The van der Waals surface area contributed by atoms with E-state index in [4.69, 9.17) is 9.47 Å². The molecule has 0 N–H and O–H groups in total. The van der Waals surface area contributed by atoms with E-state index in [1.54, 1.807) is 102 Å². The first-order valence-corrected chi connectivity index (χ1v) is 23.8. The van der Waals surface area contributed by atoms with Gasteiger partial charge in [-0.1, -0.05) is 0 Å². The minimum Gasteiger partial charge on any atom is -0.490 e. The molecule has 1 atom stereocenters. The quantitative estimate of drug-likeness (QED) is 0.264. The van der Waals surface area contributed by atoms with Crippen LogP contribution >= 0.6 is 0 Å². The van der Waals surface area contributed by atoms with Gasteiger partial charge in [0.2, 0.25) is 0 Å². The van der Waals surface area contributed by atoms with Gasteiger partial charge in [0.1, 0.15) is 18.5 Å². The van der Waals surface area contributed by atoms with Gasteiger partial charge in [0.25, 0.3) is 0 Å². The first-order valence-electron chi connectivity index (χ1n) is 23.8. The number of epoxide rings is 1. The van der Waals surface area contributed by atoms with E-state index in [0.717, 1.165) is 84.2 Å². The summed E-state index contributed by atoms with van der Waals surface area (Å²) in [5, 5.41) is 0. The van der Waals surface area contributed by atoms with Crippen molar-refractivity contribution in [3.8, 4) is 5.75 Å². The fraction of sp³-hybridized carbons (Fsp3) is 0.880. The van der Waals surface area contributed by atoms with Gasteiger partial charge in [-0.05, 0) is 271 Å². The standard InChI is InChI=1S/C50H68O2/c1-28-42(47-14-29-2-30(15-47)4-31(3-29)16-47)43(48-17-32-5-33(18-48)7-34(6-32)19-48)44(49-20-35-8-36(21-49)10-37(9-35)22-49)45(46(28)52-27-41-26-51-41)50-23-38-11-39(24-50)13-40(12-38)25-50/h29-41H,2-27H2,1H3. The summed E-state index contributed by atoms with van der Waals surface area (Å²) in [6, 6.07) is 0. The molecule has 2 nitrogen and oxygen atoms in total. The fourth-order valence-electron chi connectivity index (χ4n) is 21.3. The average Bonchev–Trinajstić information content (AvgIpc) is 3.89. The zero-order valence-corrected chi connectivity index (χ0v) is 32.7. The van der Waals surface area contributed by atoms with E-state index < -0.39 is 0 Å². The largest absolute Gasteiger partial charge is 0.490 e. The lowest BCUT2D eigenvalue weighted by molar-refractivity contribution is -0.0297. The van der Waals surface area contributed by atoms with Gasteiger partial charge in [-0.3, -0.25) is 0 Å². The van der Waals surface area contributed by atoms with Crippen molar-refractivity contribution in [1.82, 2.24) is 0 Å². The molecule has 16 saturated carbocycles. The molecule has 0 aromatic heterocycles. The third kappa shape index (κ3) is 4.24. The van der Waals surface area contributed by atoms with Crippen molar-refractivity contribution in [1.29, 1.82) is 0 Å². The summed E-state index contributed by atoms with van der Waals surface area (Å²) in [6.07, 6.45) is 37.3. The smallest absolute Gasteiger partial charge is 0.126 e. The molecule has 16 bridgehead atoms. The third-order valence-corrected chi connectivity index (χ3v) is 20.8. The fourth-order valence-corrected chi connectivity index (χ4v) is 21.3. The molecule has 2 heteroatoms. The Morgan fingerprint density at radius 2 is 0.654 bits per heavy atom. The number of hydrogen-bond donors (Lipinski definition) is 0. The van der Waals surface area contributed by atoms with E-state index in [9.17, 15) is 0 Å². The van der Waals surface area contributed by atoms with E-state index >= 15 is 0 Å². The van der Waals surface area contributed by atoms with Crippen molar-refractivity contribution in [2.24, 2.45) is 71.0 Å². The van der Waals surface area contributed by atoms with Crippen LogP contribution in [0.15, 0.2) is 0 Å².